The summed E-state index contributed by atoms with van der Waals surface area (Å²) in [6.07, 6.45) is 6.51. The largest absolute Gasteiger partial charge is 0.374 e. The number of imidazole rings is 1. The zero-order valence-corrected chi connectivity index (χ0v) is 16.9. The molecular formula is C17H33N3O3S. The fourth-order valence-electron chi connectivity index (χ4n) is 2.87. The molecule has 1 N–H and O–H groups in total. The van der Waals surface area contributed by atoms with Gasteiger partial charge in [0.2, 0.25) is 10.0 Å². The zero-order valence-electron chi connectivity index (χ0n) is 16.0. The van der Waals surface area contributed by atoms with Gasteiger partial charge in [0.25, 0.3) is 0 Å². The van der Waals surface area contributed by atoms with Gasteiger partial charge in [0.05, 0.1) is 18.5 Å². The standard InChI is InChI=1S/C17H33N3O3S/c1-8-14(16-18-9-10-19-16)11-17(4,5)15(23-13(2)3)12-20(6)24(7,21)22/h9-10,13-15H,8,11-12H2,1-7H3,(H,18,19). The van der Waals surface area contributed by atoms with Crippen LogP contribution >= 0.6 is 0 Å². The second-order valence-electron chi connectivity index (χ2n) is 7.49. The first-order valence-corrected chi connectivity index (χ1v) is 10.4. The number of hydrogen-bond acceptors (Lipinski definition) is 4. The van der Waals surface area contributed by atoms with Crippen LogP contribution in [0.3, 0.4) is 0 Å². The summed E-state index contributed by atoms with van der Waals surface area (Å²) in [6.45, 7) is 10.7. The van der Waals surface area contributed by atoms with Crippen molar-refractivity contribution in [1.29, 1.82) is 0 Å². The first-order valence-electron chi connectivity index (χ1n) is 8.53. The molecule has 0 amide bonds. The predicted octanol–water partition coefficient (Wildman–Crippen LogP) is 3.00. The number of ether oxygens (including phenoxy) is 1. The lowest BCUT2D eigenvalue weighted by Gasteiger charge is -2.39. The van der Waals surface area contributed by atoms with Gasteiger partial charge in [-0.25, -0.2) is 17.7 Å². The fraction of sp³-hybridized carbons (Fsp3) is 0.824. The van der Waals surface area contributed by atoms with E-state index in [4.69, 9.17) is 4.74 Å². The van der Waals surface area contributed by atoms with Crippen LogP contribution in [0, 0.1) is 5.41 Å². The third-order valence-electron chi connectivity index (χ3n) is 4.47. The number of hydrogen-bond donors (Lipinski definition) is 1. The van der Waals surface area contributed by atoms with Crippen molar-refractivity contribution in [2.45, 2.75) is 65.6 Å². The van der Waals surface area contributed by atoms with E-state index in [0.717, 1.165) is 18.7 Å². The van der Waals surface area contributed by atoms with E-state index in [9.17, 15) is 8.42 Å². The van der Waals surface area contributed by atoms with Crippen LogP contribution in [-0.2, 0) is 14.8 Å². The van der Waals surface area contributed by atoms with Gasteiger partial charge < -0.3 is 9.72 Å². The second-order valence-corrected chi connectivity index (χ2v) is 9.58. The molecule has 1 heterocycles. The maximum absolute atomic E-state index is 11.8. The summed E-state index contributed by atoms with van der Waals surface area (Å²) in [5.41, 5.74) is -0.198. The van der Waals surface area contributed by atoms with Gasteiger partial charge in [0.15, 0.2) is 0 Å². The van der Waals surface area contributed by atoms with E-state index >= 15 is 0 Å². The molecular weight excluding hydrogens is 326 g/mol. The minimum absolute atomic E-state index is 0.0333. The molecule has 0 bridgehead atoms. The first-order chi connectivity index (χ1) is 11.0. The van der Waals surface area contributed by atoms with Crippen molar-refractivity contribution in [3.8, 4) is 0 Å². The third-order valence-corrected chi connectivity index (χ3v) is 5.75. The summed E-state index contributed by atoms with van der Waals surface area (Å²) in [6, 6.07) is 0. The van der Waals surface area contributed by atoms with Crippen molar-refractivity contribution < 1.29 is 13.2 Å². The number of H-pyrrole nitrogens is 1. The monoisotopic (exact) mass is 359 g/mol. The van der Waals surface area contributed by atoms with E-state index in [1.807, 2.05) is 20.0 Å². The van der Waals surface area contributed by atoms with Crippen molar-refractivity contribution in [3.63, 3.8) is 0 Å². The summed E-state index contributed by atoms with van der Waals surface area (Å²) < 4.78 is 31.1. The number of nitrogens with zero attached hydrogens (tertiary/aromatic N) is 2. The molecule has 1 aromatic heterocycles. The number of nitrogens with one attached hydrogen (secondary N) is 1. The Morgan fingerprint density at radius 1 is 1.38 bits per heavy atom. The molecule has 0 saturated carbocycles. The van der Waals surface area contributed by atoms with Gasteiger partial charge in [-0.3, -0.25) is 0 Å². The van der Waals surface area contributed by atoms with E-state index in [0.29, 0.717) is 6.54 Å². The minimum atomic E-state index is -3.24. The summed E-state index contributed by atoms with van der Waals surface area (Å²) in [4.78, 5) is 7.59. The predicted molar refractivity (Wildman–Crippen MR) is 97.5 cm³/mol. The molecule has 0 spiro atoms. The Bertz CT molecular complexity index is 582. The Morgan fingerprint density at radius 3 is 2.42 bits per heavy atom. The normalized spacial score (nSPS) is 15.9. The summed E-state index contributed by atoms with van der Waals surface area (Å²) in [5, 5.41) is 0. The lowest BCUT2D eigenvalue weighted by Crippen LogP contribution is -2.44. The van der Waals surface area contributed by atoms with Crippen LogP contribution in [0.15, 0.2) is 12.4 Å². The molecule has 0 aliphatic rings. The Labute approximate surface area is 147 Å². The molecule has 0 aliphatic heterocycles. The number of aromatic nitrogens is 2. The topological polar surface area (TPSA) is 75.3 Å². The van der Waals surface area contributed by atoms with Crippen LogP contribution in [0.2, 0.25) is 0 Å². The molecule has 0 aliphatic carbocycles. The highest BCUT2D eigenvalue weighted by atomic mass is 32.2. The quantitative estimate of drug-likeness (QED) is 0.697. The Balaban J connectivity index is 2.96. The highest BCUT2D eigenvalue weighted by Gasteiger charge is 2.36. The maximum Gasteiger partial charge on any atom is 0.211 e. The second kappa shape index (κ2) is 8.45. The Morgan fingerprint density at radius 2 is 2.00 bits per heavy atom. The van der Waals surface area contributed by atoms with E-state index in [-0.39, 0.29) is 23.5 Å². The molecule has 0 radical (unpaired) electrons. The fourth-order valence-corrected chi connectivity index (χ4v) is 3.28. The Hall–Kier alpha value is -0.920. The molecule has 7 heteroatoms. The van der Waals surface area contributed by atoms with Crippen molar-refractivity contribution in [3.05, 3.63) is 18.2 Å². The molecule has 0 aromatic carbocycles. The molecule has 0 fully saturated rings. The average molecular weight is 360 g/mol. The van der Waals surface area contributed by atoms with Crippen LogP contribution < -0.4 is 0 Å². The molecule has 6 nitrogen and oxygen atoms in total. The van der Waals surface area contributed by atoms with E-state index in [1.54, 1.807) is 13.2 Å². The molecule has 2 atom stereocenters. The third kappa shape index (κ3) is 6.18. The highest BCUT2D eigenvalue weighted by molar-refractivity contribution is 7.88. The van der Waals surface area contributed by atoms with E-state index in [1.165, 1.54) is 10.6 Å². The van der Waals surface area contributed by atoms with E-state index < -0.39 is 10.0 Å². The number of rotatable bonds is 10. The maximum atomic E-state index is 11.8. The molecule has 1 aromatic rings. The first kappa shape index (κ1) is 21.1. The van der Waals surface area contributed by atoms with E-state index in [2.05, 4.69) is 30.7 Å². The van der Waals surface area contributed by atoms with Gasteiger partial charge in [-0.2, -0.15) is 0 Å². The van der Waals surface area contributed by atoms with Gasteiger partial charge in [0, 0.05) is 31.9 Å². The van der Waals surface area contributed by atoms with Crippen LogP contribution in [-0.4, -0.2) is 54.7 Å². The smallest absolute Gasteiger partial charge is 0.211 e. The summed E-state index contributed by atoms with van der Waals surface area (Å²) in [5.74, 6) is 1.27. The highest BCUT2D eigenvalue weighted by Crippen LogP contribution is 2.37. The van der Waals surface area contributed by atoms with Crippen molar-refractivity contribution >= 4 is 10.0 Å². The number of aromatic amines is 1. The summed E-state index contributed by atoms with van der Waals surface area (Å²) in [7, 11) is -1.63. The molecule has 0 saturated heterocycles. The minimum Gasteiger partial charge on any atom is -0.374 e. The van der Waals surface area contributed by atoms with Crippen LogP contribution in [0.25, 0.3) is 0 Å². The summed E-state index contributed by atoms with van der Waals surface area (Å²) >= 11 is 0. The van der Waals surface area contributed by atoms with Crippen molar-refractivity contribution in [2.24, 2.45) is 5.41 Å². The van der Waals surface area contributed by atoms with Crippen molar-refractivity contribution in [1.82, 2.24) is 14.3 Å². The SMILES string of the molecule is CCC(CC(C)(C)C(CN(C)S(C)(=O)=O)OC(C)C)c1ncc[nH]1. The van der Waals surface area contributed by atoms with Gasteiger partial charge in [-0.05, 0) is 32.1 Å². The van der Waals surface area contributed by atoms with Crippen LogP contribution in [0.1, 0.15) is 59.2 Å². The molecule has 140 valence electrons. The van der Waals surface area contributed by atoms with Crippen LogP contribution in [0.5, 0.6) is 0 Å². The lowest BCUT2D eigenvalue weighted by atomic mass is 9.76. The zero-order chi connectivity index (χ0) is 18.5. The van der Waals surface area contributed by atoms with Gasteiger partial charge in [-0.1, -0.05) is 20.8 Å². The number of sulfonamides is 1. The Kier molecular flexibility index (Phi) is 7.44. The van der Waals surface area contributed by atoms with Gasteiger partial charge in [0.1, 0.15) is 5.82 Å². The lowest BCUT2D eigenvalue weighted by molar-refractivity contribution is -0.0686. The van der Waals surface area contributed by atoms with Crippen molar-refractivity contribution in [2.75, 3.05) is 19.8 Å². The van der Waals surface area contributed by atoms with Gasteiger partial charge in [-0.15, -0.1) is 0 Å². The molecule has 1 rings (SSSR count). The average Bonchev–Trinajstić information content (AvgIpc) is 2.96. The van der Waals surface area contributed by atoms with Crippen LogP contribution in [0.4, 0.5) is 0 Å². The number of likely N-dealkylation sites (N-methyl/N-ethyl adjacent to an activating group) is 1. The molecule has 24 heavy (non-hydrogen) atoms. The van der Waals surface area contributed by atoms with Gasteiger partial charge >= 0.3 is 0 Å². The molecule has 2 unspecified atom stereocenters.